The molecule has 0 saturated carbocycles. The fourth-order valence-electron chi connectivity index (χ4n) is 1.93. The first kappa shape index (κ1) is 14.2. The lowest BCUT2D eigenvalue weighted by atomic mass is 10.1. The second-order valence-corrected chi connectivity index (χ2v) is 4.66. The van der Waals surface area contributed by atoms with Gasteiger partial charge in [-0.25, -0.2) is 0 Å². The molecule has 8 heteroatoms. The summed E-state index contributed by atoms with van der Waals surface area (Å²) in [4.78, 5) is 12.1. The molecule has 1 amide bonds. The van der Waals surface area contributed by atoms with Crippen molar-refractivity contribution in [3.8, 4) is 0 Å². The van der Waals surface area contributed by atoms with Crippen molar-refractivity contribution in [2.75, 3.05) is 6.54 Å². The van der Waals surface area contributed by atoms with Gasteiger partial charge in [-0.1, -0.05) is 5.21 Å². The lowest BCUT2D eigenvalue weighted by Gasteiger charge is -2.12. The zero-order valence-corrected chi connectivity index (χ0v) is 11.9. The number of aromatic nitrogens is 5. The van der Waals surface area contributed by atoms with Gasteiger partial charge in [0.05, 0.1) is 25.0 Å². The van der Waals surface area contributed by atoms with Crippen LogP contribution in [0, 0.1) is 6.92 Å². The average molecular weight is 277 g/mol. The van der Waals surface area contributed by atoms with Crippen molar-refractivity contribution in [3.05, 3.63) is 29.3 Å². The molecule has 2 heterocycles. The number of nitrogens with two attached hydrogens (primary N) is 1. The molecule has 1 unspecified atom stereocenters. The summed E-state index contributed by atoms with van der Waals surface area (Å²) >= 11 is 0. The molecule has 0 aliphatic rings. The number of carbonyl (C=O) groups is 1. The van der Waals surface area contributed by atoms with Gasteiger partial charge in [-0.2, -0.15) is 5.10 Å². The van der Waals surface area contributed by atoms with E-state index in [9.17, 15) is 4.79 Å². The van der Waals surface area contributed by atoms with Gasteiger partial charge in [0, 0.05) is 24.8 Å². The maximum atomic E-state index is 12.1. The fourth-order valence-corrected chi connectivity index (χ4v) is 1.93. The molecule has 2 aromatic heterocycles. The molecular weight excluding hydrogens is 258 g/mol. The summed E-state index contributed by atoms with van der Waals surface area (Å²) in [6.07, 6.45) is 3.34. The molecule has 0 fully saturated rings. The van der Waals surface area contributed by atoms with E-state index in [1.807, 2.05) is 20.9 Å². The van der Waals surface area contributed by atoms with Crippen molar-refractivity contribution >= 4 is 5.91 Å². The number of amides is 1. The first-order valence-electron chi connectivity index (χ1n) is 6.42. The van der Waals surface area contributed by atoms with Gasteiger partial charge in [-0.15, -0.1) is 5.10 Å². The van der Waals surface area contributed by atoms with Gasteiger partial charge < -0.3 is 11.1 Å². The van der Waals surface area contributed by atoms with Gasteiger partial charge >= 0.3 is 0 Å². The molecule has 0 aromatic carbocycles. The van der Waals surface area contributed by atoms with Crippen LogP contribution in [0.5, 0.6) is 0 Å². The standard InChI is InChI=1S/C12H19N7O/c1-8(10-6-14-18(3)9(10)2)15-12(20)11-7-19(5-4-13)17-16-11/h6-8H,4-5,13H2,1-3H3,(H,15,20). The van der Waals surface area contributed by atoms with Crippen LogP contribution >= 0.6 is 0 Å². The number of aryl methyl sites for hydroxylation is 1. The first-order valence-corrected chi connectivity index (χ1v) is 6.42. The first-order chi connectivity index (χ1) is 9.52. The highest BCUT2D eigenvalue weighted by atomic mass is 16.2. The predicted octanol–water partition coefficient (Wildman–Crippen LogP) is -0.230. The lowest BCUT2D eigenvalue weighted by molar-refractivity contribution is 0.0934. The van der Waals surface area contributed by atoms with Crippen LogP contribution in [0.4, 0.5) is 0 Å². The second kappa shape index (κ2) is 5.83. The van der Waals surface area contributed by atoms with E-state index >= 15 is 0 Å². The van der Waals surface area contributed by atoms with Crippen LogP contribution < -0.4 is 11.1 Å². The van der Waals surface area contributed by atoms with Crippen molar-refractivity contribution in [3.63, 3.8) is 0 Å². The average Bonchev–Trinajstić information content (AvgIpc) is 2.99. The zero-order chi connectivity index (χ0) is 14.7. The van der Waals surface area contributed by atoms with E-state index in [4.69, 9.17) is 5.73 Å². The molecule has 0 radical (unpaired) electrons. The molecule has 0 bridgehead atoms. The van der Waals surface area contributed by atoms with Crippen molar-refractivity contribution in [1.29, 1.82) is 0 Å². The summed E-state index contributed by atoms with van der Waals surface area (Å²) in [5, 5.41) is 14.7. The Labute approximate surface area is 116 Å². The molecule has 0 aliphatic heterocycles. The summed E-state index contributed by atoms with van der Waals surface area (Å²) < 4.78 is 3.32. The molecule has 3 N–H and O–H groups in total. The summed E-state index contributed by atoms with van der Waals surface area (Å²) in [6.45, 7) is 4.86. The topological polar surface area (TPSA) is 104 Å². The molecule has 2 rings (SSSR count). The largest absolute Gasteiger partial charge is 0.344 e. The summed E-state index contributed by atoms with van der Waals surface area (Å²) in [5.74, 6) is -0.260. The Morgan fingerprint density at radius 3 is 2.90 bits per heavy atom. The van der Waals surface area contributed by atoms with E-state index in [2.05, 4.69) is 20.7 Å². The molecule has 0 spiro atoms. The zero-order valence-electron chi connectivity index (χ0n) is 11.9. The molecular formula is C12H19N7O. The number of rotatable bonds is 5. The molecule has 20 heavy (non-hydrogen) atoms. The van der Waals surface area contributed by atoms with Crippen LogP contribution in [0.15, 0.2) is 12.4 Å². The second-order valence-electron chi connectivity index (χ2n) is 4.66. The number of hydrogen-bond acceptors (Lipinski definition) is 5. The number of hydrogen-bond donors (Lipinski definition) is 2. The number of nitrogens with zero attached hydrogens (tertiary/aromatic N) is 5. The van der Waals surface area contributed by atoms with Gasteiger partial charge in [-0.3, -0.25) is 14.2 Å². The van der Waals surface area contributed by atoms with Gasteiger partial charge in [0.25, 0.3) is 5.91 Å². The van der Waals surface area contributed by atoms with Gasteiger partial charge in [0.15, 0.2) is 5.69 Å². The molecule has 108 valence electrons. The van der Waals surface area contributed by atoms with Crippen LogP contribution in [0.3, 0.4) is 0 Å². The highest BCUT2D eigenvalue weighted by molar-refractivity contribution is 5.92. The minimum absolute atomic E-state index is 0.143. The van der Waals surface area contributed by atoms with E-state index in [1.54, 1.807) is 21.8 Å². The molecule has 8 nitrogen and oxygen atoms in total. The Morgan fingerprint density at radius 1 is 1.55 bits per heavy atom. The predicted molar refractivity (Wildman–Crippen MR) is 72.9 cm³/mol. The van der Waals surface area contributed by atoms with E-state index in [1.165, 1.54) is 0 Å². The Kier molecular flexibility index (Phi) is 4.14. The highest BCUT2D eigenvalue weighted by Gasteiger charge is 2.17. The van der Waals surface area contributed by atoms with Crippen molar-refractivity contribution in [2.45, 2.75) is 26.4 Å². The van der Waals surface area contributed by atoms with E-state index in [0.717, 1.165) is 11.3 Å². The van der Waals surface area contributed by atoms with Gasteiger partial charge in [0.2, 0.25) is 0 Å². The minimum Gasteiger partial charge on any atom is -0.344 e. The Balaban J connectivity index is 2.05. The van der Waals surface area contributed by atoms with E-state index in [-0.39, 0.29) is 17.6 Å². The molecule has 0 aliphatic carbocycles. The van der Waals surface area contributed by atoms with Crippen LogP contribution in [0.25, 0.3) is 0 Å². The highest BCUT2D eigenvalue weighted by Crippen LogP contribution is 2.16. The molecule has 2 aromatic rings. The quantitative estimate of drug-likeness (QED) is 0.785. The van der Waals surface area contributed by atoms with Crippen LogP contribution in [-0.2, 0) is 13.6 Å². The molecule has 0 saturated heterocycles. The summed E-state index contributed by atoms with van der Waals surface area (Å²) in [6, 6.07) is -0.143. The monoisotopic (exact) mass is 277 g/mol. The van der Waals surface area contributed by atoms with Crippen molar-refractivity contribution in [1.82, 2.24) is 30.1 Å². The van der Waals surface area contributed by atoms with Gasteiger partial charge in [-0.05, 0) is 13.8 Å². The summed E-state index contributed by atoms with van der Waals surface area (Å²) in [7, 11) is 1.87. The third kappa shape index (κ3) is 2.85. The maximum Gasteiger partial charge on any atom is 0.273 e. The van der Waals surface area contributed by atoms with Crippen molar-refractivity contribution < 1.29 is 4.79 Å². The van der Waals surface area contributed by atoms with E-state index in [0.29, 0.717) is 13.1 Å². The fraction of sp³-hybridized carbons (Fsp3) is 0.500. The Hall–Kier alpha value is -2.22. The molecule has 1 atom stereocenters. The minimum atomic E-state index is -0.260. The summed E-state index contributed by atoms with van der Waals surface area (Å²) in [5.41, 5.74) is 7.71. The van der Waals surface area contributed by atoms with Crippen LogP contribution in [0.2, 0.25) is 0 Å². The maximum absolute atomic E-state index is 12.1. The Morgan fingerprint density at radius 2 is 2.30 bits per heavy atom. The van der Waals surface area contributed by atoms with Crippen LogP contribution in [0.1, 0.15) is 34.7 Å². The van der Waals surface area contributed by atoms with Gasteiger partial charge in [0.1, 0.15) is 0 Å². The van der Waals surface area contributed by atoms with Crippen LogP contribution in [-0.4, -0.2) is 37.2 Å². The van der Waals surface area contributed by atoms with E-state index < -0.39 is 0 Å². The normalized spacial score (nSPS) is 12.4. The third-order valence-electron chi connectivity index (χ3n) is 3.22. The Bertz CT molecular complexity index is 601. The smallest absolute Gasteiger partial charge is 0.273 e. The number of carbonyl (C=O) groups excluding carboxylic acids is 1. The lowest BCUT2D eigenvalue weighted by Crippen LogP contribution is -2.27. The SMILES string of the molecule is Cc1c(C(C)NC(=O)c2cn(CCN)nn2)cnn1C. The third-order valence-corrected chi connectivity index (χ3v) is 3.22. The van der Waals surface area contributed by atoms with Crippen molar-refractivity contribution in [2.24, 2.45) is 12.8 Å². The number of nitrogens with one attached hydrogen (secondary N) is 1.